The Morgan fingerprint density at radius 1 is 1.11 bits per heavy atom. The highest BCUT2D eigenvalue weighted by Gasteiger charge is 2.54. The van der Waals surface area contributed by atoms with Crippen LogP contribution in [0.5, 0.6) is 0 Å². The summed E-state index contributed by atoms with van der Waals surface area (Å²) in [4.78, 5) is 0. The summed E-state index contributed by atoms with van der Waals surface area (Å²) in [6.07, 6.45) is 12.0. The Balaban J connectivity index is 1.76. The Bertz CT molecular complexity index is 294. The average Bonchev–Trinajstić information content (AvgIpc) is 3.18. The first kappa shape index (κ1) is 13.9. The molecule has 1 heterocycles. The molecule has 3 rings (SSSR count). The highest BCUT2D eigenvalue weighted by molar-refractivity contribution is 5.04. The van der Waals surface area contributed by atoms with Gasteiger partial charge in [0, 0.05) is 24.6 Å². The van der Waals surface area contributed by atoms with E-state index < -0.39 is 0 Å². The minimum Gasteiger partial charge on any atom is -0.377 e. The molecule has 0 aromatic heterocycles. The minimum absolute atomic E-state index is 0.464. The number of nitrogens with one attached hydrogen (secondary N) is 1. The molecule has 0 aromatic rings. The molecular formula is C17H31NO. The molecule has 2 heteroatoms. The number of ether oxygens (including phenoxy) is 1. The van der Waals surface area contributed by atoms with Crippen LogP contribution in [0, 0.1) is 17.3 Å². The number of hydrogen-bond donors (Lipinski definition) is 1. The standard InChI is InChI=1S/C17H31NO/c1-13(2)18-12-17(15-6-4-3-5-7-15)10-11-19-16(17)14-8-9-14/h13-16,18H,3-12H2,1-2H3. The van der Waals surface area contributed by atoms with Crippen molar-refractivity contribution in [3.05, 3.63) is 0 Å². The molecule has 3 aliphatic rings. The highest BCUT2D eigenvalue weighted by atomic mass is 16.5. The van der Waals surface area contributed by atoms with Crippen LogP contribution in [0.1, 0.15) is 65.2 Å². The lowest BCUT2D eigenvalue weighted by Gasteiger charge is -2.44. The van der Waals surface area contributed by atoms with Crippen molar-refractivity contribution in [3.63, 3.8) is 0 Å². The SMILES string of the molecule is CC(C)NCC1(C2CCCCC2)CCOC1C1CC1. The lowest BCUT2D eigenvalue weighted by atomic mass is 9.64. The zero-order valence-corrected chi connectivity index (χ0v) is 12.8. The van der Waals surface area contributed by atoms with Crippen LogP contribution in [0.25, 0.3) is 0 Å². The third-order valence-electron chi connectivity index (χ3n) is 5.74. The number of hydrogen-bond acceptors (Lipinski definition) is 2. The van der Waals surface area contributed by atoms with E-state index in [1.807, 2.05) is 0 Å². The second kappa shape index (κ2) is 5.73. The van der Waals surface area contributed by atoms with Gasteiger partial charge in [0.15, 0.2) is 0 Å². The van der Waals surface area contributed by atoms with Gasteiger partial charge in [0.2, 0.25) is 0 Å². The van der Waals surface area contributed by atoms with Crippen molar-refractivity contribution in [2.45, 2.75) is 77.4 Å². The molecular weight excluding hydrogens is 234 g/mol. The van der Waals surface area contributed by atoms with Gasteiger partial charge in [-0.3, -0.25) is 0 Å². The lowest BCUT2D eigenvalue weighted by Crippen LogP contribution is -2.49. The third-order valence-corrected chi connectivity index (χ3v) is 5.74. The molecule has 1 saturated heterocycles. The maximum atomic E-state index is 6.24. The van der Waals surface area contributed by atoms with E-state index in [-0.39, 0.29) is 0 Å². The fraction of sp³-hybridized carbons (Fsp3) is 1.00. The third kappa shape index (κ3) is 2.85. The van der Waals surface area contributed by atoms with Gasteiger partial charge in [-0.1, -0.05) is 33.1 Å². The minimum atomic E-state index is 0.464. The van der Waals surface area contributed by atoms with E-state index in [0.29, 0.717) is 17.6 Å². The molecule has 1 aliphatic heterocycles. The van der Waals surface area contributed by atoms with Gasteiger partial charge in [-0.05, 0) is 43.9 Å². The molecule has 110 valence electrons. The van der Waals surface area contributed by atoms with Gasteiger partial charge in [-0.25, -0.2) is 0 Å². The average molecular weight is 265 g/mol. The van der Waals surface area contributed by atoms with Crippen molar-refractivity contribution < 1.29 is 4.74 Å². The first-order valence-electron chi connectivity index (χ1n) is 8.57. The zero-order chi connectivity index (χ0) is 13.3. The van der Waals surface area contributed by atoms with E-state index in [2.05, 4.69) is 19.2 Å². The molecule has 3 fully saturated rings. The van der Waals surface area contributed by atoms with Crippen molar-refractivity contribution in [3.8, 4) is 0 Å². The second-order valence-corrected chi connectivity index (χ2v) is 7.48. The van der Waals surface area contributed by atoms with Crippen LogP contribution in [-0.4, -0.2) is 25.3 Å². The molecule has 2 unspecified atom stereocenters. The van der Waals surface area contributed by atoms with Crippen LogP contribution in [0.15, 0.2) is 0 Å². The zero-order valence-electron chi connectivity index (χ0n) is 12.8. The van der Waals surface area contributed by atoms with Crippen molar-refractivity contribution >= 4 is 0 Å². The van der Waals surface area contributed by atoms with Crippen molar-refractivity contribution in [1.82, 2.24) is 5.32 Å². The second-order valence-electron chi connectivity index (χ2n) is 7.48. The van der Waals surface area contributed by atoms with E-state index in [1.165, 1.54) is 57.9 Å². The first-order chi connectivity index (χ1) is 9.22. The summed E-state index contributed by atoms with van der Waals surface area (Å²) in [7, 11) is 0. The van der Waals surface area contributed by atoms with Crippen LogP contribution < -0.4 is 5.32 Å². The monoisotopic (exact) mass is 265 g/mol. The Hall–Kier alpha value is -0.0800. The Morgan fingerprint density at radius 2 is 1.84 bits per heavy atom. The molecule has 0 aromatic carbocycles. The van der Waals surface area contributed by atoms with Crippen LogP contribution in [0.4, 0.5) is 0 Å². The van der Waals surface area contributed by atoms with E-state index in [4.69, 9.17) is 4.74 Å². The molecule has 0 radical (unpaired) electrons. The van der Waals surface area contributed by atoms with Crippen molar-refractivity contribution in [2.75, 3.05) is 13.2 Å². The van der Waals surface area contributed by atoms with Crippen LogP contribution in [-0.2, 0) is 4.74 Å². The molecule has 0 bridgehead atoms. The highest BCUT2D eigenvalue weighted by Crippen LogP contribution is 2.54. The quantitative estimate of drug-likeness (QED) is 0.817. The molecule has 2 saturated carbocycles. The first-order valence-corrected chi connectivity index (χ1v) is 8.57. The smallest absolute Gasteiger partial charge is 0.0675 e. The predicted molar refractivity (Wildman–Crippen MR) is 79.2 cm³/mol. The van der Waals surface area contributed by atoms with Gasteiger partial charge in [-0.15, -0.1) is 0 Å². The largest absolute Gasteiger partial charge is 0.377 e. The maximum absolute atomic E-state index is 6.24. The molecule has 2 nitrogen and oxygen atoms in total. The van der Waals surface area contributed by atoms with E-state index in [1.54, 1.807) is 0 Å². The van der Waals surface area contributed by atoms with Gasteiger partial charge in [0.1, 0.15) is 0 Å². The summed E-state index contributed by atoms with van der Waals surface area (Å²) in [6.45, 7) is 6.75. The van der Waals surface area contributed by atoms with E-state index in [0.717, 1.165) is 18.4 Å². The van der Waals surface area contributed by atoms with E-state index in [9.17, 15) is 0 Å². The molecule has 0 amide bonds. The van der Waals surface area contributed by atoms with Crippen molar-refractivity contribution in [2.24, 2.45) is 17.3 Å². The molecule has 0 spiro atoms. The Morgan fingerprint density at radius 3 is 2.47 bits per heavy atom. The summed E-state index contributed by atoms with van der Waals surface area (Å²) < 4.78 is 6.24. The topological polar surface area (TPSA) is 21.3 Å². The molecule has 1 N–H and O–H groups in total. The summed E-state index contributed by atoms with van der Waals surface area (Å²) in [6, 6.07) is 0.598. The van der Waals surface area contributed by atoms with Gasteiger partial charge < -0.3 is 10.1 Å². The summed E-state index contributed by atoms with van der Waals surface area (Å²) in [5, 5.41) is 3.76. The Labute approximate surface area is 118 Å². The van der Waals surface area contributed by atoms with E-state index >= 15 is 0 Å². The van der Waals surface area contributed by atoms with Crippen LogP contribution >= 0.6 is 0 Å². The van der Waals surface area contributed by atoms with Gasteiger partial charge in [0.25, 0.3) is 0 Å². The lowest BCUT2D eigenvalue weighted by molar-refractivity contribution is -0.0121. The maximum Gasteiger partial charge on any atom is 0.0675 e. The molecule has 2 aliphatic carbocycles. The summed E-state index contributed by atoms with van der Waals surface area (Å²) in [5.74, 6) is 1.80. The van der Waals surface area contributed by atoms with Gasteiger partial charge in [-0.2, -0.15) is 0 Å². The van der Waals surface area contributed by atoms with Crippen LogP contribution in [0.3, 0.4) is 0 Å². The fourth-order valence-corrected chi connectivity index (χ4v) is 4.53. The summed E-state index contributed by atoms with van der Waals surface area (Å²) in [5.41, 5.74) is 0.464. The van der Waals surface area contributed by atoms with Crippen LogP contribution in [0.2, 0.25) is 0 Å². The fourth-order valence-electron chi connectivity index (χ4n) is 4.53. The summed E-state index contributed by atoms with van der Waals surface area (Å²) >= 11 is 0. The molecule has 19 heavy (non-hydrogen) atoms. The molecule has 2 atom stereocenters. The van der Waals surface area contributed by atoms with Gasteiger partial charge in [0.05, 0.1) is 6.10 Å². The number of rotatable bonds is 5. The Kier molecular flexibility index (Phi) is 4.19. The van der Waals surface area contributed by atoms with Gasteiger partial charge >= 0.3 is 0 Å². The normalized spacial score (nSPS) is 37.1. The predicted octanol–water partition coefficient (Wildman–Crippen LogP) is 3.75. The van der Waals surface area contributed by atoms with Crippen molar-refractivity contribution in [1.29, 1.82) is 0 Å².